The van der Waals surface area contributed by atoms with Gasteiger partial charge in [-0.3, -0.25) is 14.9 Å². The molecule has 0 saturated carbocycles. The third-order valence-corrected chi connectivity index (χ3v) is 3.87. The summed E-state index contributed by atoms with van der Waals surface area (Å²) < 4.78 is 15.7. The fourth-order valence-electron chi connectivity index (χ4n) is 2.32. The Kier molecular flexibility index (Phi) is 7.53. The number of ether oxygens (including phenoxy) is 3. The van der Waals surface area contributed by atoms with Crippen LogP contribution < -0.4 is 14.8 Å². The quantitative estimate of drug-likeness (QED) is 0.387. The van der Waals surface area contributed by atoms with Crippen LogP contribution in [0.2, 0.25) is 0 Å². The van der Waals surface area contributed by atoms with Crippen LogP contribution in [0.4, 0.5) is 11.4 Å². The number of carbonyl (C=O) groups excluding carboxylic acids is 2. The van der Waals surface area contributed by atoms with Gasteiger partial charge in [0.2, 0.25) is 0 Å². The minimum Gasteiger partial charge on any atom is -0.494 e. The molecule has 0 bridgehead atoms. The average molecular weight is 402 g/mol. The van der Waals surface area contributed by atoms with Crippen LogP contribution in [0.25, 0.3) is 0 Å². The monoisotopic (exact) mass is 402 g/mol. The number of non-ortho nitro benzene ring substituents is 1. The molecule has 2 rings (SSSR count). The summed E-state index contributed by atoms with van der Waals surface area (Å²) in [7, 11) is 1.33. The van der Waals surface area contributed by atoms with E-state index >= 15 is 0 Å². The Balaban J connectivity index is 1.99. The average Bonchev–Trinajstić information content (AvgIpc) is 2.72. The van der Waals surface area contributed by atoms with Crippen molar-refractivity contribution in [2.24, 2.45) is 0 Å². The highest BCUT2D eigenvalue weighted by Gasteiger charge is 2.21. The number of amides is 1. The molecule has 0 aliphatic rings. The number of methoxy groups -OCH3 is 1. The maximum atomic E-state index is 12.3. The number of nitro benzene ring substituents is 1. The first-order chi connectivity index (χ1) is 13.8. The van der Waals surface area contributed by atoms with E-state index in [0.29, 0.717) is 12.4 Å². The summed E-state index contributed by atoms with van der Waals surface area (Å²) in [6, 6.07) is 10.2. The van der Waals surface area contributed by atoms with Gasteiger partial charge >= 0.3 is 5.97 Å². The van der Waals surface area contributed by atoms with Crippen LogP contribution >= 0.6 is 0 Å². The molecule has 0 heterocycles. The van der Waals surface area contributed by atoms with Crippen LogP contribution in [0.1, 0.15) is 30.6 Å². The highest BCUT2D eigenvalue weighted by Crippen LogP contribution is 2.29. The first-order valence-corrected chi connectivity index (χ1v) is 8.92. The van der Waals surface area contributed by atoms with Crippen LogP contribution in [-0.2, 0) is 9.53 Å². The van der Waals surface area contributed by atoms with Crippen LogP contribution in [-0.4, -0.2) is 36.6 Å². The van der Waals surface area contributed by atoms with E-state index in [9.17, 15) is 19.7 Å². The van der Waals surface area contributed by atoms with Crippen molar-refractivity contribution in [3.05, 3.63) is 58.1 Å². The van der Waals surface area contributed by atoms with Gasteiger partial charge in [0.15, 0.2) is 6.10 Å². The molecule has 0 radical (unpaired) electrons. The van der Waals surface area contributed by atoms with Gasteiger partial charge in [-0.15, -0.1) is 0 Å². The molecule has 1 N–H and O–H groups in total. The summed E-state index contributed by atoms with van der Waals surface area (Å²) in [6.07, 6.45) is -0.228. The van der Waals surface area contributed by atoms with Crippen molar-refractivity contribution >= 4 is 23.3 Å². The number of nitro groups is 1. The normalized spacial score (nSPS) is 11.3. The lowest BCUT2D eigenvalue weighted by Crippen LogP contribution is -2.30. The van der Waals surface area contributed by atoms with E-state index in [1.807, 2.05) is 6.92 Å². The molecule has 0 saturated heterocycles. The zero-order valence-corrected chi connectivity index (χ0v) is 16.3. The summed E-state index contributed by atoms with van der Waals surface area (Å²) >= 11 is 0. The standard InChI is InChI=1S/C20H22N2O7/c1-4-11-28-16-8-5-14(6-9-16)20(24)29-13(2)19(23)21-17-10-7-15(22(25)26)12-18(17)27-3/h5-10,12-13H,4,11H2,1-3H3,(H,21,23)/t13-/m0/s1. The van der Waals surface area contributed by atoms with Crippen molar-refractivity contribution in [3.8, 4) is 11.5 Å². The van der Waals surface area contributed by atoms with Gasteiger partial charge in [0.25, 0.3) is 11.6 Å². The van der Waals surface area contributed by atoms with Crippen molar-refractivity contribution in [3.63, 3.8) is 0 Å². The Hall–Kier alpha value is -3.62. The number of hydrogen-bond donors (Lipinski definition) is 1. The van der Waals surface area contributed by atoms with E-state index in [4.69, 9.17) is 14.2 Å². The van der Waals surface area contributed by atoms with Crippen molar-refractivity contribution in [1.29, 1.82) is 0 Å². The zero-order valence-electron chi connectivity index (χ0n) is 16.3. The molecule has 9 heteroatoms. The molecule has 29 heavy (non-hydrogen) atoms. The van der Waals surface area contributed by atoms with Crippen molar-refractivity contribution in [2.75, 3.05) is 19.0 Å². The van der Waals surface area contributed by atoms with E-state index < -0.39 is 22.9 Å². The second-order valence-electron chi connectivity index (χ2n) is 6.05. The molecule has 0 aliphatic carbocycles. The summed E-state index contributed by atoms with van der Waals surface area (Å²) in [6.45, 7) is 3.99. The van der Waals surface area contributed by atoms with Crippen LogP contribution in [0, 0.1) is 10.1 Å². The molecule has 0 spiro atoms. The number of esters is 1. The molecule has 2 aromatic carbocycles. The largest absolute Gasteiger partial charge is 0.494 e. The van der Waals surface area contributed by atoms with Gasteiger partial charge in [-0.05, 0) is 43.7 Å². The van der Waals surface area contributed by atoms with Crippen molar-refractivity contribution in [2.45, 2.75) is 26.4 Å². The van der Waals surface area contributed by atoms with Crippen LogP contribution in [0.5, 0.6) is 11.5 Å². The topological polar surface area (TPSA) is 117 Å². The lowest BCUT2D eigenvalue weighted by atomic mass is 10.2. The molecule has 0 unspecified atom stereocenters. The Bertz CT molecular complexity index is 881. The predicted octanol–water partition coefficient (Wildman–Crippen LogP) is 3.58. The number of anilines is 1. The summed E-state index contributed by atoms with van der Waals surface area (Å²) in [4.78, 5) is 34.8. The first-order valence-electron chi connectivity index (χ1n) is 8.92. The first kappa shape index (κ1) is 21.7. The molecule has 9 nitrogen and oxygen atoms in total. The second-order valence-corrected chi connectivity index (χ2v) is 6.05. The minimum atomic E-state index is -1.10. The van der Waals surface area contributed by atoms with E-state index in [1.165, 1.54) is 32.2 Å². The van der Waals surface area contributed by atoms with E-state index in [0.717, 1.165) is 6.42 Å². The summed E-state index contributed by atoms with van der Waals surface area (Å²) in [5.74, 6) is -0.507. The van der Waals surface area contributed by atoms with Crippen molar-refractivity contribution < 1.29 is 28.7 Å². The fourth-order valence-corrected chi connectivity index (χ4v) is 2.32. The highest BCUT2D eigenvalue weighted by molar-refractivity contribution is 5.98. The summed E-state index contributed by atoms with van der Waals surface area (Å²) in [5, 5.41) is 13.4. The number of rotatable bonds is 9. The van der Waals surface area contributed by atoms with Gasteiger partial charge in [-0.1, -0.05) is 6.92 Å². The maximum absolute atomic E-state index is 12.3. The smallest absolute Gasteiger partial charge is 0.338 e. The summed E-state index contributed by atoms with van der Waals surface area (Å²) in [5.41, 5.74) is 0.329. The van der Waals surface area contributed by atoms with Gasteiger partial charge in [0.05, 0.1) is 36.0 Å². The number of benzene rings is 2. The van der Waals surface area contributed by atoms with E-state index in [-0.39, 0.29) is 22.7 Å². The molecular formula is C20H22N2O7. The highest BCUT2D eigenvalue weighted by atomic mass is 16.6. The molecule has 0 fully saturated rings. The van der Waals surface area contributed by atoms with Gasteiger partial charge < -0.3 is 19.5 Å². The number of hydrogen-bond acceptors (Lipinski definition) is 7. The third-order valence-electron chi connectivity index (χ3n) is 3.87. The Labute approximate surface area is 167 Å². The van der Waals surface area contributed by atoms with E-state index in [1.54, 1.807) is 24.3 Å². The van der Waals surface area contributed by atoms with Gasteiger partial charge in [0, 0.05) is 6.07 Å². The molecule has 0 aliphatic heterocycles. The molecular weight excluding hydrogens is 380 g/mol. The maximum Gasteiger partial charge on any atom is 0.338 e. The lowest BCUT2D eigenvalue weighted by Gasteiger charge is -2.15. The van der Waals surface area contributed by atoms with Gasteiger partial charge in [-0.2, -0.15) is 0 Å². The molecule has 0 aromatic heterocycles. The molecule has 1 atom stereocenters. The second kappa shape index (κ2) is 10.1. The Morgan fingerprint density at radius 2 is 1.86 bits per heavy atom. The zero-order chi connectivity index (χ0) is 21.4. The van der Waals surface area contributed by atoms with Crippen LogP contribution in [0.15, 0.2) is 42.5 Å². The number of carbonyl (C=O) groups is 2. The SMILES string of the molecule is CCCOc1ccc(C(=O)O[C@@H](C)C(=O)Nc2ccc([N+](=O)[O-])cc2OC)cc1. The molecule has 2 aromatic rings. The molecule has 1 amide bonds. The number of nitrogens with one attached hydrogen (secondary N) is 1. The number of nitrogens with zero attached hydrogens (tertiary/aromatic N) is 1. The predicted molar refractivity (Wildman–Crippen MR) is 105 cm³/mol. The third kappa shape index (κ3) is 5.93. The van der Waals surface area contributed by atoms with Gasteiger partial charge in [-0.25, -0.2) is 4.79 Å². The van der Waals surface area contributed by atoms with Crippen molar-refractivity contribution in [1.82, 2.24) is 0 Å². The minimum absolute atomic E-state index is 0.119. The Morgan fingerprint density at radius 3 is 2.45 bits per heavy atom. The van der Waals surface area contributed by atoms with Crippen LogP contribution in [0.3, 0.4) is 0 Å². The fraction of sp³-hybridized carbons (Fsp3) is 0.300. The van der Waals surface area contributed by atoms with E-state index in [2.05, 4.69) is 5.32 Å². The molecule has 154 valence electrons. The Morgan fingerprint density at radius 1 is 1.17 bits per heavy atom. The van der Waals surface area contributed by atoms with Gasteiger partial charge in [0.1, 0.15) is 11.5 Å². The lowest BCUT2D eigenvalue weighted by molar-refractivity contribution is -0.384.